The van der Waals surface area contributed by atoms with Crippen LogP contribution in [0.15, 0.2) is 30.3 Å². The summed E-state index contributed by atoms with van der Waals surface area (Å²) in [5.41, 5.74) is 5.68. The van der Waals surface area contributed by atoms with Crippen LogP contribution in [-0.2, 0) is 0 Å². The van der Waals surface area contributed by atoms with Crippen LogP contribution >= 0.6 is 11.6 Å². The Balaban J connectivity index is 1.59. The Morgan fingerprint density at radius 2 is 2.00 bits per heavy atom. The molecule has 0 radical (unpaired) electrons. The van der Waals surface area contributed by atoms with Crippen molar-refractivity contribution < 1.29 is 9.18 Å². The van der Waals surface area contributed by atoms with Gasteiger partial charge in [0.15, 0.2) is 0 Å². The number of nitrogens with one attached hydrogen (secondary N) is 1. The van der Waals surface area contributed by atoms with Gasteiger partial charge >= 0.3 is 0 Å². The molecule has 0 atom stereocenters. The summed E-state index contributed by atoms with van der Waals surface area (Å²) in [7, 11) is 0. The van der Waals surface area contributed by atoms with Gasteiger partial charge in [-0.25, -0.2) is 9.37 Å². The fourth-order valence-corrected chi connectivity index (χ4v) is 2.94. The number of hydrogen-bond acceptors (Lipinski definition) is 5. The van der Waals surface area contributed by atoms with Crippen molar-refractivity contribution in [2.75, 3.05) is 24.1 Å². The number of carbonyl (C=O) groups excluding carboxylic acids is 1. The molecule has 0 unspecified atom stereocenters. The molecule has 3 rings (SSSR count). The van der Waals surface area contributed by atoms with Crippen molar-refractivity contribution in [3.63, 3.8) is 0 Å². The number of carbonyl (C=O) groups is 1. The lowest BCUT2D eigenvalue weighted by Crippen LogP contribution is -2.42. The third-order valence-corrected chi connectivity index (χ3v) is 4.14. The standard InChI is InChI=1S/C16H17ClFN5O/c17-13-9-14(22-16(19)21-13)20-10-5-7-23(8-6-10)15(24)11-3-1-2-4-12(11)18/h1-4,9-10H,5-8H2,(H3,19,20,21,22). The number of nitrogen functional groups attached to an aromatic ring is 1. The van der Waals surface area contributed by atoms with Gasteiger partial charge in [0.1, 0.15) is 16.8 Å². The van der Waals surface area contributed by atoms with E-state index in [9.17, 15) is 9.18 Å². The summed E-state index contributed by atoms with van der Waals surface area (Å²) in [4.78, 5) is 21.9. The maximum absolute atomic E-state index is 13.7. The average Bonchev–Trinajstić information content (AvgIpc) is 2.54. The Morgan fingerprint density at radius 1 is 1.29 bits per heavy atom. The molecule has 0 aliphatic carbocycles. The molecular formula is C16H17ClFN5O. The van der Waals surface area contributed by atoms with Gasteiger partial charge in [-0.3, -0.25) is 4.79 Å². The van der Waals surface area contributed by atoms with E-state index in [2.05, 4.69) is 15.3 Å². The van der Waals surface area contributed by atoms with Crippen molar-refractivity contribution in [3.05, 3.63) is 46.9 Å². The Bertz CT molecular complexity index is 729. The summed E-state index contributed by atoms with van der Waals surface area (Å²) in [6, 6.07) is 7.78. The van der Waals surface area contributed by atoms with Crippen molar-refractivity contribution in [1.29, 1.82) is 0 Å². The van der Waals surface area contributed by atoms with Gasteiger partial charge in [-0.15, -0.1) is 0 Å². The molecule has 1 saturated heterocycles. The molecule has 1 aromatic carbocycles. The molecule has 1 aliphatic rings. The zero-order chi connectivity index (χ0) is 17.1. The van der Waals surface area contributed by atoms with Crippen molar-refractivity contribution in [1.82, 2.24) is 14.9 Å². The van der Waals surface area contributed by atoms with E-state index in [1.807, 2.05) is 0 Å². The first-order valence-corrected chi connectivity index (χ1v) is 8.01. The minimum Gasteiger partial charge on any atom is -0.368 e. The topological polar surface area (TPSA) is 84.1 Å². The predicted molar refractivity (Wildman–Crippen MR) is 90.4 cm³/mol. The Hall–Kier alpha value is -2.41. The van der Waals surface area contributed by atoms with Gasteiger partial charge in [0.25, 0.3) is 5.91 Å². The highest BCUT2D eigenvalue weighted by molar-refractivity contribution is 6.29. The minimum atomic E-state index is -0.492. The van der Waals surface area contributed by atoms with Crippen LogP contribution in [0, 0.1) is 5.82 Å². The molecule has 6 nitrogen and oxygen atoms in total. The van der Waals surface area contributed by atoms with Crippen LogP contribution in [0.3, 0.4) is 0 Å². The molecule has 0 bridgehead atoms. The van der Waals surface area contributed by atoms with E-state index in [1.54, 1.807) is 23.1 Å². The van der Waals surface area contributed by atoms with E-state index in [0.29, 0.717) is 18.9 Å². The molecule has 126 valence electrons. The molecule has 24 heavy (non-hydrogen) atoms. The second-order valence-corrected chi connectivity index (χ2v) is 6.01. The number of amides is 1. The number of hydrogen-bond donors (Lipinski definition) is 2. The Kier molecular flexibility index (Phi) is 4.80. The van der Waals surface area contributed by atoms with E-state index < -0.39 is 5.82 Å². The van der Waals surface area contributed by atoms with Gasteiger partial charge in [0.05, 0.1) is 5.56 Å². The largest absolute Gasteiger partial charge is 0.368 e. The number of rotatable bonds is 3. The molecule has 2 heterocycles. The highest BCUT2D eigenvalue weighted by Gasteiger charge is 2.25. The summed E-state index contributed by atoms with van der Waals surface area (Å²) in [6.07, 6.45) is 1.45. The van der Waals surface area contributed by atoms with Crippen LogP contribution in [0.2, 0.25) is 5.15 Å². The van der Waals surface area contributed by atoms with Crippen LogP contribution in [0.25, 0.3) is 0 Å². The first kappa shape index (κ1) is 16.4. The lowest BCUT2D eigenvalue weighted by Gasteiger charge is -2.32. The normalized spacial score (nSPS) is 15.3. The molecular weight excluding hydrogens is 333 g/mol. The van der Waals surface area contributed by atoms with Crippen LogP contribution in [0.1, 0.15) is 23.2 Å². The summed E-state index contributed by atoms with van der Waals surface area (Å²) in [5.74, 6) is -0.0988. The van der Waals surface area contributed by atoms with E-state index in [4.69, 9.17) is 17.3 Å². The van der Waals surface area contributed by atoms with Crippen molar-refractivity contribution in [2.45, 2.75) is 18.9 Å². The summed E-state index contributed by atoms with van der Waals surface area (Å²) >= 11 is 5.86. The zero-order valence-corrected chi connectivity index (χ0v) is 13.6. The highest BCUT2D eigenvalue weighted by Crippen LogP contribution is 2.20. The number of nitrogens with two attached hydrogens (primary N) is 1. The zero-order valence-electron chi connectivity index (χ0n) is 12.9. The van der Waals surface area contributed by atoms with Gasteiger partial charge in [-0.05, 0) is 25.0 Å². The quantitative estimate of drug-likeness (QED) is 0.832. The molecule has 0 saturated carbocycles. The number of piperidine rings is 1. The Labute approximate surface area is 143 Å². The molecule has 8 heteroatoms. The molecule has 1 fully saturated rings. The predicted octanol–water partition coefficient (Wildman–Crippen LogP) is 2.57. The van der Waals surface area contributed by atoms with Crippen molar-refractivity contribution in [3.8, 4) is 0 Å². The molecule has 1 aromatic heterocycles. The first-order valence-electron chi connectivity index (χ1n) is 7.63. The van der Waals surface area contributed by atoms with Gasteiger partial charge < -0.3 is 16.0 Å². The summed E-state index contributed by atoms with van der Waals surface area (Å²) in [5, 5.41) is 3.52. The minimum absolute atomic E-state index is 0.108. The number of benzene rings is 1. The van der Waals surface area contributed by atoms with Crippen LogP contribution < -0.4 is 11.1 Å². The van der Waals surface area contributed by atoms with Gasteiger partial charge in [0.2, 0.25) is 5.95 Å². The smallest absolute Gasteiger partial charge is 0.256 e. The molecule has 3 N–H and O–H groups in total. The number of halogens is 2. The Morgan fingerprint density at radius 3 is 2.67 bits per heavy atom. The number of nitrogens with zero attached hydrogens (tertiary/aromatic N) is 3. The van der Waals surface area contributed by atoms with Crippen LogP contribution in [0.4, 0.5) is 16.2 Å². The van der Waals surface area contributed by atoms with E-state index in [0.717, 1.165) is 12.8 Å². The number of anilines is 2. The van der Waals surface area contributed by atoms with E-state index in [-0.39, 0.29) is 28.6 Å². The second-order valence-electron chi connectivity index (χ2n) is 5.62. The number of aromatic nitrogens is 2. The number of likely N-dealkylation sites (tertiary alicyclic amines) is 1. The molecule has 0 spiro atoms. The molecule has 1 aliphatic heterocycles. The molecule has 1 amide bonds. The van der Waals surface area contributed by atoms with Gasteiger partial charge in [-0.1, -0.05) is 23.7 Å². The maximum Gasteiger partial charge on any atom is 0.256 e. The lowest BCUT2D eigenvalue weighted by molar-refractivity contribution is 0.0713. The SMILES string of the molecule is Nc1nc(Cl)cc(NC2CCN(C(=O)c3ccccc3F)CC2)n1. The van der Waals surface area contributed by atoms with Crippen molar-refractivity contribution in [2.24, 2.45) is 0 Å². The highest BCUT2D eigenvalue weighted by atomic mass is 35.5. The van der Waals surface area contributed by atoms with E-state index in [1.165, 1.54) is 12.1 Å². The average molecular weight is 350 g/mol. The van der Waals surface area contributed by atoms with Crippen LogP contribution in [-0.4, -0.2) is 39.9 Å². The maximum atomic E-state index is 13.7. The second kappa shape index (κ2) is 7.00. The fraction of sp³-hybridized carbons (Fsp3) is 0.312. The van der Waals surface area contributed by atoms with E-state index >= 15 is 0 Å². The van der Waals surface area contributed by atoms with Gasteiger partial charge in [-0.2, -0.15) is 4.98 Å². The van der Waals surface area contributed by atoms with Crippen LogP contribution in [0.5, 0.6) is 0 Å². The van der Waals surface area contributed by atoms with Gasteiger partial charge in [0, 0.05) is 25.2 Å². The molecule has 2 aromatic rings. The lowest BCUT2D eigenvalue weighted by atomic mass is 10.0. The summed E-state index contributed by atoms with van der Waals surface area (Å²) in [6.45, 7) is 1.08. The third-order valence-electron chi connectivity index (χ3n) is 3.95. The third kappa shape index (κ3) is 3.73. The summed E-state index contributed by atoms with van der Waals surface area (Å²) < 4.78 is 13.7. The first-order chi connectivity index (χ1) is 11.5. The monoisotopic (exact) mass is 349 g/mol. The van der Waals surface area contributed by atoms with Crippen molar-refractivity contribution >= 4 is 29.3 Å². The fourth-order valence-electron chi connectivity index (χ4n) is 2.75.